The zero-order chi connectivity index (χ0) is 11.1. The Bertz CT molecular complexity index is 393. The maximum Gasteiger partial charge on any atom is 0.123 e. The maximum atomic E-state index is 13.0. The summed E-state index contributed by atoms with van der Waals surface area (Å²) in [4.78, 5) is 0. The number of benzene rings is 1. The highest BCUT2D eigenvalue weighted by molar-refractivity contribution is 9.09. The standard InChI is InChI=1S/C12H11BrFN/c13-7-2-1-3-11-9-12(14)5-4-10(11)6-8-15/h1,3-5,9H,2,6-7H2. The Balaban J connectivity index is 2.92. The number of nitrogens with zero attached hydrogens (tertiary/aromatic N) is 1. The van der Waals surface area contributed by atoms with Gasteiger partial charge in [0.15, 0.2) is 0 Å². The van der Waals surface area contributed by atoms with Crippen LogP contribution in [0.15, 0.2) is 24.3 Å². The molecule has 0 atom stereocenters. The lowest BCUT2D eigenvalue weighted by Crippen LogP contribution is -1.88. The fourth-order valence-corrected chi connectivity index (χ4v) is 1.50. The van der Waals surface area contributed by atoms with Gasteiger partial charge in [-0.15, -0.1) is 0 Å². The molecule has 0 radical (unpaired) electrons. The van der Waals surface area contributed by atoms with Gasteiger partial charge in [0.05, 0.1) is 12.5 Å². The van der Waals surface area contributed by atoms with Crippen LogP contribution < -0.4 is 0 Å². The van der Waals surface area contributed by atoms with Crippen LogP contribution in [0.2, 0.25) is 0 Å². The predicted octanol–water partition coefficient (Wildman–Crippen LogP) is 3.69. The number of hydrogen-bond acceptors (Lipinski definition) is 1. The van der Waals surface area contributed by atoms with E-state index in [1.807, 2.05) is 12.2 Å². The van der Waals surface area contributed by atoms with Gasteiger partial charge in [0, 0.05) is 5.33 Å². The first-order chi connectivity index (χ1) is 7.27. The Kier molecular flexibility index (Phi) is 5.06. The van der Waals surface area contributed by atoms with Crippen molar-refractivity contribution in [1.29, 1.82) is 5.26 Å². The molecular formula is C12H11BrFN. The molecule has 0 saturated carbocycles. The molecule has 1 aromatic carbocycles. The van der Waals surface area contributed by atoms with Crippen molar-refractivity contribution in [2.45, 2.75) is 12.8 Å². The van der Waals surface area contributed by atoms with Crippen molar-refractivity contribution in [3.63, 3.8) is 0 Å². The van der Waals surface area contributed by atoms with Crippen LogP contribution in [0, 0.1) is 17.1 Å². The van der Waals surface area contributed by atoms with E-state index >= 15 is 0 Å². The minimum Gasteiger partial charge on any atom is -0.207 e. The van der Waals surface area contributed by atoms with Gasteiger partial charge >= 0.3 is 0 Å². The number of alkyl halides is 1. The summed E-state index contributed by atoms with van der Waals surface area (Å²) in [5.74, 6) is -0.268. The summed E-state index contributed by atoms with van der Waals surface area (Å²) in [5.41, 5.74) is 1.65. The van der Waals surface area contributed by atoms with Crippen LogP contribution in [0.3, 0.4) is 0 Å². The average Bonchev–Trinajstić information content (AvgIpc) is 2.22. The Morgan fingerprint density at radius 1 is 1.47 bits per heavy atom. The van der Waals surface area contributed by atoms with Crippen LogP contribution in [0.25, 0.3) is 6.08 Å². The molecule has 1 rings (SSSR count). The van der Waals surface area contributed by atoms with Gasteiger partial charge in [-0.25, -0.2) is 4.39 Å². The third kappa shape index (κ3) is 3.85. The molecular weight excluding hydrogens is 257 g/mol. The summed E-state index contributed by atoms with van der Waals surface area (Å²) >= 11 is 3.31. The molecule has 0 N–H and O–H groups in total. The number of hydrogen-bond donors (Lipinski definition) is 0. The van der Waals surface area contributed by atoms with Crippen molar-refractivity contribution in [3.05, 3.63) is 41.2 Å². The fourth-order valence-electron chi connectivity index (χ4n) is 1.24. The van der Waals surface area contributed by atoms with Crippen molar-refractivity contribution in [2.75, 3.05) is 5.33 Å². The van der Waals surface area contributed by atoms with Gasteiger partial charge in [0.25, 0.3) is 0 Å². The predicted molar refractivity (Wildman–Crippen MR) is 63.2 cm³/mol. The first-order valence-corrected chi connectivity index (χ1v) is 5.78. The molecule has 0 unspecified atom stereocenters. The van der Waals surface area contributed by atoms with Gasteiger partial charge in [-0.3, -0.25) is 0 Å². The lowest BCUT2D eigenvalue weighted by molar-refractivity contribution is 0.627. The summed E-state index contributed by atoms with van der Waals surface area (Å²) in [6, 6.07) is 6.57. The van der Waals surface area contributed by atoms with Crippen molar-refractivity contribution in [2.24, 2.45) is 0 Å². The highest BCUT2D eigenvalue weighted by Gasteiger charge is 2.00. The lowest BCUT2D eigenvalue weighted by atomic mass is 10.0. The van der Waals surface area contributed by atoms with Crippen molar-refractivity contribution in [3.8, 4) is 6.07 Å². The molecule has 1 nitrogen and oxygen atoms in total. The third-order valence-electron chi connectivity index (χ3n) is 1.95. The molecule has 0 saturated heterocycles. The minimum atomic E-state index is -0.268. The largest absolute Gasteiger partial charge is 0.207 e. The zero-order valence-corrected chi connectivity index (χ0v) is 9.80. The van der Waals surface area contributed by atoms with Crippen molar-refractivity contribution >= 4 is 22.0 Å². The molecule has 0 aromatic heterocycles. The Labute approximate surface area is 97.4 Å². The van der Waals surface area contributed by atoms with E-state index in [0.29, 0.717) is 6.42 Å². The Hall–Kier alpha value is -1.14. The Morgan fingerprint density at radius 2 is 2.27 bits per heavy atom. The van der Waals surface area contributed by atoms with Crippen LogP contribution >= 0.6 is 15.9 Å². The van der Waals surface area contributed by atoms with E-state index in [2.05, 4.69) is 22.0 Å². The normalized spacial score (nSPS) is 10.5. The van der Waals surface area contributed by atoms with Gasteiger partial charge in [0.2, 0.25) is 0 Å². The van der Waals surface area contributed by atoms with Crippen LogP contribution in [0.1, 0.15) is 17.5 Å². The number of nitriles is 1. The minimum absolute atomic E-state index is 0.268. The summed E-state index contributed by atoms with van der Waals surface area (Å²) in [7, 11) is 0. The summed E-state index contributed by atoms with van der Waals surface area (Å²) in [5, 5.41) is 9.49. The molecule has 0 aliphatic rings. The van der Waals surface area contributed by atoms with Gasteiger partial charge in [-0.2, -0.15) is 5.26 Å². The van der Waals surface area contributed by atoms with E-state index in [9.17, 15) is 4.39 Å². The second-order valence-electron chi connectivity index (χ2n) is 3.06. The van der Waals surface area contributed by atoms with E-state index < -0.39 is 0 Å². The third-order valence-corrected chi connectivity index (χ3v) is 2.41. The molecule has 15 heavy (non-hydrogen) atoms. The first-order valence-electron chi connectivity index (χ1n) is 4.66. The SMILES string of the molecule is N#CCc1ccc(F)cc1C=CCCBr. The van der Waals surface area contributed by atoms with E-state index in [1.165, 1.54) is 12.1 Å². The maximum absolute atomic E-state index is 13.0. The number of rotatable bonds is 4. The van der Waals surface area contributed by atoms with Gasteiger partial charge in [-0.05, 0) is 29.7 Å². The zero-order valence-electron chi connectivity index (χ0n) is 8.21. The molecule has 1 aromatic rings. The van der Waals surface area contributed by atoms with Gasteiger partial charge in [0.1, 0.15) is 5.82 Å². The molecule has 0 heterocycles. The second-order valence-corrected chi connectivity index (χ2v) is 3.85. The van der Waals surface area contributed by atoms with Crippen LogP contribution in [-0.2, 0) is 6.42 Å². The number of allylic oxidation sites excluding steroid dienone is 1. The molecule has 0 aliphatic heterocycles. The summed E-state index contributed by atoms with van der Waals surface area (Å²) in [6.07, 6.45) is 5.03. The Morgan fingerprint density at radius 3 is 2.93 bits per heavy atom. The molecule has 0 amide bonds. The highest BCUT2D eigenvalue weighted by Crippen LogP contribution is 2.14. The van der Waals surface area contributed by atoms with Gasteiger partial charge in [-0.1, -0.05) is 34.1 Å². The lowest BCUT2D eigenvalue weighted by Gasteiger charge is -2.01. The molecule has 0 bridgehead atoms. The van der Waals surface area contributed by atoms with Crippen LogP contribution in [-0.4, -0.2) is 5.33 Å². The van der Waals surface area contributed by atoms with Crippen molar-refractivity contribution in [1.82, 2.24) is 0 Å². The summed E-state index contributed by atoms with van der Waals surface area (Å²) in [6.45, 7) is 0. The van der Waals surface area contributed by atoms with E-state index in [-0.39, 0.29) is 5.82 Å². The first kappa shape index (κ1) is 11.9. The second kappa shape index (κ2) is 6.36. The van der Waals surface area contributed by atoms with E-state index in [0.717, 1.165) is 22.9 Å². The molecule has 0 spiro atoms. The van der Waals surface area contributed by atoms with Crippen LogP contribution in [0.4, 0.5) is 4.39 Å². The smallest absolute Gasteiger partial charge is 0.123 e. The molecule has 3 heteroatoms. The van der Waals surface area contributed by atoms with Gasteiger partial charge < -0.3 is 0 Å². The van der Waals surface area contributed by atoms with Crippen LogP contribution in [0.5, 0.6) is 0 Å². The fraction of sp³-hybridized carbons (Fsp3) is 0.250. The quantitative estimate of drug-likeness (QED) is 0.764. The monoisotopic (exact) mass is 267 g/mol. The van der Waals surface area contributed by atoms with Crippen molar-refractivity contribution < 1.29 is 4.39 Å². The highest BCUT2D eigenvalue weighted by atomic mass is 79.9. The van der Waals surface area contributed by atoms with E-state index in [4.69, 9.17) is 5.26 Å². The molecule has 78 valence electrons. The molecule has 0 aliphatic carbocycles. The average molecular weight is 268 g/mol. The topological polar surface area (TPSA) is 23.8 Å². The summed E-state index contributed by atoms with van der Waals surface area (Å²) < 4.78 is 13.0. The number of halogens is 2. The van der Waals surface area contributed by atoms with E-state index in [1.54, 1.807) is 6.07 Å². The molecule has 0 fully saturated rings.